The van der Waals surface area contributed by atoms with Crippen molar-refractivity contribution in [3.05, 3.63) is 53.6 Å². The molecule has 2 N–H and O–H groups in total. The largest absolute Gasteiger partial charge is 0.493 e. The van der Waals surface area contributed by atoms with Gasteiger partial charge in [-0.25, -0.2) is 0 Å². The summed E-state index contributed by atoms with van der Waals surface area (Å²) in [5.74, 6) is 2.22. The lowest BCUT2D eigenvalue weighted by atomic mass is 10.1. The SMILES string of the molecule is COc1ccccc1Oc1c(C)cccc1CN. The molecule has 0 unspecified atom stereocenters. The number of hydrogen-bond acceptors (Lipinski definition) is 3. The molecule has 94 valence electrons. The first-order valence-corrected chi connectivity index (χ1v) is 5.85. The van der Waals surface area contributed by atoms with Crippen molar-refractivity contribution in [1.29, 1.82) is 0 Å². The van der Waals surface area contributed by atoms with Crippen molar-refractivity contribution in [1.82, 2.24) is 0 Å². The molecule has 0 bridgehead atoms. The molecule has 0 aliphatic heterocycles. The van der Waals surface area contributed by atoms with Crippen LogP contribution in [0.2, 0.25) is 0 Å². The van der Waals surface area contributed by atoms with Crippen molar-refractivity contribution in [3.63, 3.8) is 0 Å². The Labute approximate surface area is 107 Å². The van der Waals surface area contributed by atoms with Gasteiger partial charge in [-0.2, -0.15) is 0 Å². The summed E-state index contributed by atoms with van der Waals surface area (Å²) in [6.07, 6.45) is 0. The van der Waals surface area contributed by atoms with Crippen LogP contribution >= 0.6 is 0 Å². The Morgan fingerprint density at radius 2 is 1.72 bits per heavy atom. The monoisotopic (exact) mass is 243 g/mol. The van der Waals surface area contributed by atoms with Crippen LogP contribution < -0.4 is 15.2 Å². The van der Waals surface area contributed by atoms with Gasteiger partial charge in [-0.1, -0.05) is 30.3 Å². The van der Waals surface area contributed by atoms with Crippen molar-refractivity contribution >= 4 is 0 Å². The zero-order valence-electron chi connectivity index (χ0n) is 10.6. The van der Waals surface area contributed by atoms with Gasteiger partial charge in [0.2, 0.25) is 0 Å². The van der Waals surface area contributed by atoms with Gasteiger partial charge in [0.15, 0.2) is 11.5 Å². The van der Waals surface area contributed by atoms with Crippen molar-refractivity contribution in [2.24, 2.45) is 5.73 Å². The molecule has 0 fully saturated rings. The maximum atomic E-state index is 5.95. The normalized spacial score (nSPS) is 10.2. The second-order valence-corrected chi connectivity index (χ2v) is 4.02. The van der Waals surface area contributed by atoms with Crippen LogP contribution in [0.3, 0.4) is 0 Å². The van der Waals surface area contributed by atoms with Crippen LogP contribution in [0.4, 0.5) is 0 Å². The Balaban J connectivity index is 2.39. The van der Waals surface area contributed by atoms with Crippen LogP contribution in [0.15, 0.2) is 42.5 Å². The molecular weight excluding hydrogens is 226 g/mol. The Morgan fingerprint density at radius 3 is 2.39 bits per heavy atom. The second kappa shape index (κ2) is 5.56. The number of benzene rings is 2. The Kier molecular flexibility index (Phi) is 3.85. The third kappa shape index (κ3) is 2.46. The molecule has 18 heavy (non-hydrogen) atoms. The van der Waals surface area contributed by atoms with Crippen molar-refractivity contribution < 1.29 is 9.47 Å². The standard InChI is InChI=1S/C15H17NO2/c1-11-6-5-7-12(10-16)15(11)18-14-9-4-3-8-13(14)17-2/h3-9H,10,16H2,1-2H3. The van der Waals surface area contributed by atoms with Crippen LogP contribution in [-0.4, -0.2) is 7.11 Å². The minimum absolute atomic E-state index is 0.451. The highest BCUT2D eigenvalue weighted by Gasteiger charge is 2.09. The van der Waals surface area contributed by atoms with Crippen molar-refractivity contribution in [2.75, 3.05) is 7.11 Å². The Morgan fingerprint density at radius 1 is 1.00 bits per heavy atom. The summed E-state index contributed by atoms with van der Waals surface area (Å²) >= 11 is 0. The summed E-state index contributed by atoms with van der Waals surface area (Å²) in [7, 11) is 1.63. The number of nitrogens with two attached hydrogens (primary N) is 1. The van der Waals surface area contributed by atoms with Gasteiger partial charge in [0.1, 0.15) is 5.75 Å². The smallest absolute Gasteiger partial charge is 0.169 e. The second-order valence-electron chi connectivity index (χ2n) is 4.02. The molecule has 0 aliphatic rings. The van der Waals surface area contributed by atoms with Crippen LogP contribution in [0.1, 0.15) is 11.1 Å². The van der Waals surface area contributed by atoms with E-state index in [2.05, 4.69) is 0 Å². The van der Waals surface area contributed by atoms with E-state index in [1.165, 1.54) is 0 Å². The van der Waals surface area contributed by atoms with Gasteiger partial charge in [0.05, 0.1) is 7.11 Å². The Bertz CT molecular complexity index is 538. The summed E-state index contributed by atoms with van der Waals surface area (Å²) in [5.41, 5.74) is 7.78. The number of aryl methyl sites for hydroxylation is 1. The number of methoxy groups -OCH3 is 1. The molecule has 0 atom stereocenters. The van der Waals surface area contributed by atoms with E-state index in [1.807, 2.05) is 49.4 Å². The topological polar surface area (TPSA) is 44.5 Å². The number of para-hydroxylation sites is 3. The Hall–Kier alpha value is -2.00. The number of rotatable bonds is 4. The molecule has 0 radical (unpaired) electrons. The zero-order chi connectivity index (χ0) is 13.0. The van der Waals surface area contributed by atoms with Gasteiger partial charge in [0, 0.05) is 12.1 Å². The maximum absolute atomic E-state index is 5.95. The molecule has 0 amide bonds. The lowest BCUT2D eigenvalue weighted by Gasteiger charge is -2.14. The van der Waals surface area contributed by atoms with E-state index in [1.54, 1.807) is 7.11 Å². The van der Waals surface area contributed by atoms with Gasteiger partial charge in [0.25, 0.3) is 0 Å². The van der Waals surface area contributed by atoms with E-state index in [0.29, 0.717) is 18.0 Å². The van der Waals surface area contributed by atoms with E-state index in [9.17, 15) is 0 Å². The quantitative estimate of drug-likeness (QED) is 0.896. The maximum Gasteiger partial charge on any atom is 0.169 e. The van der Waals surface area contributed by atoms with Crippen LogP contribution in [-0.2, 0) is 6.54 Å². The average Bonchev–Trinajstić information content (AvgIpc) is 2.41. The molecule has 2 aromatic carbocycles. The molecular formula is C15H17NO2. The molecule has 0 saturated carbocycles. The van der Waals surface area contributed by atoms with E-state index >= 15 is 0 Å². The molecule has 3 heteroatoms. The highest BCUT2D eigenvalue weighted by molar-refractivity contribution is 5.47. The predicted octanol–water partition coefficient (Wildman–Crippen LogP) is 3.25. The van der Waals surface area contributed by atoms with Crippen LogP contribution in [0, 0.1) is 6.92 Å². The fraction of sp³-hybridized carbons (Fsp3) is 0.200. The third-order valence-electron chi connectivity index (χ3n) is 2.79. The molecule has 2 aromatic rings. The van der Waals surface area contributed by atoms with Crippen LogP contribution in [0.5, 0.6) is 17.2 Å². The molecule has 0 heterocycles. The summed E-state index contributed by atoms with van der Waals surface area (Å²) in [5, 5.41) is 0. The molecule has 0 aliphatic carbocycles. The lowest BCUT2D eigenvalue weighted by molar-refractivity contribution is 0.377. The highest BCUT2D eigenvalue weighted by atomic mass is 16.5. The summed E-state index contributed by atoms with van der Waals surface area (Å²) < 4.78 is 11.2. The van der Waals surface area contributed by atoms with Crippen LogP contribution in [0.25, 0.3) is 0 Å². The highest BCUT2D eigenvalue weighted by Crippen LogP contribution is 2.34. The number of ether oxygens (including phenoxy) is 2. The van der Waals surface area contributed by atoms with E-state index in [4.69, 9.17) is 15.2 Å². The summed E-state index contributed by atoms with van der Waals surface area (Å²) in [6.45, 7) is 2.45. The third-order valence-corrected chi connectivity index (χ3v) is 2.79. The molecule has 3 nitrogen and oxygen atoms in total. The molecule has 0 spiro atoms. The summed E-state index contributed by atoms with van der Waals surface area (Å²) in [4.78, 5) is 0. The first kappa shape index (κ1) is 12.5. The molecule has 0 saturated heterocycles. The average molecular weight is 243 g/mol. The van der Waals surface area contributed by atoms with Gasteiger partial charge >= 0.3 is 0 Å². The fourth-order valence-electron chi connectivity index (χ4n) is 1.83. The lowest BCUT2D eigenvalue weighted by Crippen LogP contribution is -2.01. The van der Waals surface area contributed by atoms with Gasteiger partial charge in [-0.3, -0.25) is 0 Å². The fourth-order valence-corrected chi connectivity index (χ4v) is 1.83. The minimum Gasteiger partial charge on any atom is -0.493 e. The van der Waals surface area contributed by atoms with Crippen molar-refractivity contribution in [2.45, 2.75) is 13.5 Å². The van der Waals surface area contributed by atoms with E-state index < -0.39 is 0 Å². The number of hydrogen-bond donors (Lipinski definition) is 1. The zero-order valence-corrected chi connectivity index (χ0v) is 10.6. The van der Waals surface area contributed by atoms with E-state index in [-0.39, 0.29) is 0 Å². The first-order chi connectivity index (χ1) is 8.76. The molecule has 0 aromatic heterocycles. The summed E-state index contributed by atoms with van der Waals surface area (Å²) in [6, 6.07) is 13.5. The van der Waals surface area contributed by atoms with Gasteiger partial charge in [-0.05, 0) is 24.6 Å². The molecule has 2 rings (SSSR count). The first-order valence-electron chi connectivity index (χ1n) is 5.85. The van der Waals surface area contributed by atoms with E-state index in [0.717, 1.165) is 16.9 Å². The van der Waals surface area contributed by atoms with Gasteiger partial charge in [-0.15, -0.1) is 0 Å². The predicted molar refractivity (Wildman–Crippen MR) is 72.1 cm³/mol. The van der Waals surface area contributed by atoms with Gasteiger partial charge < -0.3 is 15.2 Å². The van der Waals surface area contributed by atoms with Crippen molar-refractivity contribution in [3.8, 4) is 17.2 Å². The minimum atomic E-state index is 0.451.